The van der Waals surface area contributed by atoms with Crippen LogP contribution in [0, 0.1) is 0 Å². The van der Waals surface area contributed by atoms with Crippen molar-refractivity contribution in [2.24, 2.45) is 7.05 Å². The highest BCUT2D eigenvalue weighted by molar-refractivity contribution is 7.89. The molecule has 104 valence electrons. The Labute approximate surface area is 108 Å². The van der Waals surface area contributed by atoms with Crippen LogP contribution < -0.4 is 10.0 Å². The molecule has 7 nitrogen and oxygen atoms in total. The second kappa shape index (κ2) is 6.81. The van der Waals surface area contributed by atoms with Gasteiger partial charge in [-0.25, -0.2) is 18.1 Å². The predicted octanol–water partition coefficient (Wildman–Crippen LogP) is -0.725. The van der Waals surface area contributed by atoms with E-state index in [0.29, 0.717) is 6.54 Å². The maximum absolute atomic E-state index is 11.2. The van der Waals surface area contributed by atoms with Crippen LogP contribution in [0.15, 0.2) is 6.33 Å². The molecule has 1 heterocycles. The van der Waals surface area contributed by atoms with E-state index < -0.39 is 10.0 Å². The summed E-state index contributed by atoms with van der Waals surface area (Å²) in [6.45, 7) is 4.69. The van der Waals surface area contributed by atoms with Crippen molar-refractivity contribution in [3.8, 4) is 0 Å². The Morgan fingerprint density at radius 2 is 2.22 bits per heavy atom. The lowest BCUT2D eigenvalue weighted by molar-refractivity contribution is 0.520. The second-order valence-corrected chi connectivity index (χ2v) is 6.25. The Morgan fingerprint density at radius 3 is 2.78 bits per heavy atom. The molecule has 0 aliphatic heterocycles. The molecule has 2 N–H and O–H groups in total. The third-order valence-electron chi connectivity index (χ3n) is 2.64. The first-order valence-corrected chi connectivity index (χ1v) is 7.63. The molecule has 1 atom stereocenters. The summed E-state index contributed by atoms with van der Waals surface area (Å²) in [5.41, 5.74) is 0. The number of aryl methyl sites for hydroxylation is 1. The molecule has 0 aliphatic rings. The zero-order valence-electron chi connectivity index (χ0n) is 11.0. The molecule has 0 bridgehead atoms. The summed E-state index contributed by atoms with van der Waals surface area (Å²) >= 11 is 0. The molecule has 8 heteroatoms. The fourth-order valence-electron chi connectivity index (χ4n) is 1.40. The summed E-state index contributed by atoms with van der Waals surface area (Å²) in [7, 11) is -1.26. The first-order chi connectivity index (χ1) is 8.44. The van der Waals surface area contributed by atoms with Gasteiger partial charge in [0, 0.05) is 32.6 Å². The van der Waals surface area contributed by atoms with Crippen LogP contribution in [0.1, 0.15) is 19.7 Å². The van der Waals surface area contributed by atoms with E-state index in [1.54, 1.807) is 11.6 Å². The van der Waals surface area contributed by atoms with Gasteiger partial charge in [0.25, 0.3) is 0 Å². The molecule has 0 saturated heterocycles. The van der Waals surface area contributed by atoms with Crippen LogP contribution in [-0.2, 0) is 23.5 Å². The van der Waals surface area contributed by atoms with E-state index in [4.69, 9.17) is 0 Å². The van der Waals surface area contributed by atoms with Gasteiger partial charge in [-0.3, -0.25) is 4.68 Å². The van der Waals surface area contributed by atoms with Crippen LogP contribution in [0.4, 0.5) is 0 Å². The van der Waals surface area contributed by atoms with Gasteiger partial charge in [-0.2, -0.15) is 5.10 Å². The number of rotatable bonds is 8. The normalized spacial score (nSPS) is 13.7. The van der Waals surface area contributed by atoms with Crippen LogP contribution in [0.25, 0.3) is 0 Å². The fourth-order valence-corrected chi connectivity index (χ4v) is 2.11. The predicted molar refractivity (Wildman–Crippen MR) is 69.6 cm³/mol. The zero-order chi connectivity index (χ0) is 13.6. The molecule has 0 aromatic carbocycles. The monoisotopic (exact) mass is 275 g/mol. The lowest BCUT2D eigenvalue weighted by atomic mass is 10.3. The molecule has 1 aromatic heterocycles. The van der Waals surface area contributed by atoms with Gasteiger partial charge in [0.05, 0.1) is 5.75 Å². The van der Waals surface area contributed by atoms with E-state index in [2.05, 4.69) is 20.1 Å². The van der Waals surface area contributed by atoms with Gasteiger partial charge in [-0.1, -0.05) is 0 Å². The van der Waals surface area contributed by atoms with Crippen LogP contribution in [0.2, 0.25) is 0 Å². The molecule has 0 aliphatic carbocycles. The number of hydrogen-bond donors (Lipinski definition) is 2. The van der Waals surface area contributed by atoms with Crippen molar-refractivity contribution in [3.05, 3.63) is 12.2 Å². The number of aromatic nitrogens is 3. The third-order valence-corrected chi connectivity index (χ3v) is 4.00. The largest absolute Gasteiger partial charge is 0.313 e. The highest BCUT2D eigenvalue weighted by atomic mass is 32.2. The Bertz CT molecular complexity index is 457. The minimum absolute atomic E-state index is 0.0829. The second-order valence-electron chi connectivity index (χ2n) is 4.16. The summed E-state index contributed by atoms with van der Waals surface area (Å²) in [5, 5.41) is 7.22. The molecule has 0 amide bonds. The van der Waals surface area contributed by atoms with E-state index >= 15 is 0 Å². The van der Waals surface area contributed by atoms with Gasteiger partial charge >= 0.3 is 0 Å². The standard InChI is InChI=1S/C10H21N5O2S/c1-4-18(16,17)14-7-9(2)11-6-5-10-12-8-13-15(10)3/h8-9,11,14H,4-7H2,1-3H3. The smallest absolute Gasteiger partial charge is 0.211 e. The summed E-state index contributed by atoms with van der Waals surface area (Å²) in [4.78, 5) is 4.11. The van der Waals surface area contributed by atoms with Crippen molar-refractivity contribution in [2.75, 3.05) is 18.8 Å². The molecule has 1 aromatic rings. The summed E-state index contributed by atoms with van der Waals surface area (Å²) in [5.74, 6) is 1.02. The lowest BCUT2D eigenvalue weighted by Crippen LogP contribution is -2.40. The average molecular weight is 275 g/mol. The quantitative estimate of drug-likeness (QED) is 0.653. The topological polar surface area (TPSA) is 88.9 Å². The zero-order valence-corrected chi connectivity index (χ0v) is 11.9. The highest BCUT2D eigenvalue weighted by Crippen LogP contribution is 1.92. The summed E-state index contributed by atoms with van der Waals surface area (Å²) in [6.07, 6.45) is 2.29. The van der Waals surface area contributed by atoms with Crippen LogP contribution in [0.5, 0.6) is 0 Å². The van der Waals surface area contributed by atoms with Gasteiger partial charge in [-0.05, 0) is 13.8 Å². The SMILES string of the molecule is CCS(=O)(=O)NCC(C)NCCc1ncnn1C. The van der Waals surface area contributed by atoms with Crippen molar-refractivity contribution >= 4 is 10.0 Å². The van der Waals surface area contributed by atoms with E-state index in [1.807, 2.05) is 14.0 Å². The third kappa shape index (κ3) is 5.11. The first-order valence-electron chi connectivity index (χ1n) is 5.98. The van der Waals surface area contributed by atoms with Crippen molar-refractivity contribution in [1.29, 1.82) is 0 Å². The van der Waals surface area contributed by atoms with Crippen molar-refractivity contribution in [1.82, 2.24) is 24.8 Å². The molecular formula is C10H21N5O2S. The first kappa shape index (κ1) is 15.1. The van der Waals surface area contributed by atoms with Crippen LogP contribution in [0.3, 0.4) is 0 Å². The maximum atomic E-state index is 11.2. The number of nitrogens with zero attached hydrogens (tertiary/aromatic N) is 3. The van der Waals surface area contributed by atoms with Gasteiger partial charge in [0.1, 0.15) is 12.2 Å². The lowest BCUT2D eigenvalue weighted by Gasteiger charge is -2.14. The summed E-state index contributed by atoms with van der Waals surface area (Å²) < 4.78 is 26.8. The average Bonchev–Trinajstić information content (AvgIpc) is 2.73. The number of nitrogens with one attached hydrogen (secondary N) is 2. The molecular weight excluding hydrogens is 254 g/mol. The molecule has 0 fully saturated rings. The number of sulfonamides is 1. The molecule has 18 heavy (non-hydrogen) atoms. The minimum atomic E-state index is -3.11. The van der Waals surface area contributed by atoms with E-state index in [-0.39, 0.29) is 11.8 Å². The minimum Gasteiger partial charge on any atom is -0.313 e. The van der Waals surface area contributed by atoms with Gasteiger partial charge < -0.3 is 5.32 Å². The van der Waals surface area contributed by atoms with Crippen molar-refractivity contribution < 1.29 is 8.42 Å². The molecule has 0 saturated carbocycles. The van der Waals surface area contributed by atoms with E-state index in [9.17, 15) is 8.42 Å². The van der Waals surface area contributed by atoms with Crippen molar-refractivity contribution in [2.45, 2.75) is 26.3 Å². The van der Waals surface area contributed by atoms with Crippen LogP contribution in [-0.4, -0.2) is 48.1 Å². The maximum Gasteiger partial charge on any atom is 0.211 e. The molecule has 0 radical (unpaired) electrons. The van der Waals surface area contributed by atoms with E-state index in [1.165, 1.54) is 6.33 Å². The van der Waals surface area contributed by atoms with Gasteiger partial charge in [0.15, 0.2) is 0 Å². The van der Waals surface area contributed by atoms with E-state index in [0.717, 1.165) is 18.8 Å². The highest BCUT2D eigenvalue weighted by Gasteiger charge is 2.09. The molecule has 0 spiro atoms. The van der Waals surface area contributed by atoms with Crippen molar-refractivity contribution in [3.63, 3.8) is 0 Å². The number of hydrogen-bond acceptors (Lipinski definition) is 5. The molecule has 1 unspecified atom stereocenters. The fraction of sp³-hybridized carbons (Fsp3) is 0.800. The molecule has 1 rings (SSSR count). The Hall–Kier alpha value is -0.990. The Morgan fingerprint density at radius 1 is 1.50 bits per heavy atom. The Kier molecular flexibility index (Phi) is 5.70. The Balaban J connectivity index is 2.22. The van der Waals surface area contributed by atoms with Gasteiger partial charge in [0.2, 0.25) is 10.0 Å². The van der Waals surface area contributed by atoms with Crippen LogP contribution >= 0.6 is 0 Å². The van der Waals surface area contributed by atoms with Gasteiger partial charge in [-0.15, -0.1) is 0 Å². The summed E-state index contributed by atoms with van der Waals surface area (Å²) in [6, 6.07) is 0.0829.